The fraction of sp³-hybridized carbons (Fsp3) is 0.417. The van der Waals surface area contributed by atoms with Gasteiger partial charge in [-0.25, -0.2) is 0 Å². The number of halogens is 1. The highest BCUT2D eigenvalue weighted by atomic mass is 127. The molecule has 1 aliphatic heterocycles. The van der Waals surface area contributed by atoms with E-state index in [-0.39, 0.29) is 12.0 Å². The average Bonchev–Trinajstić information content (AvgIpc) is 2.35. The van der Waals surface area contributed by atoms with Gasteiger partial charge in [0.2, 0.25) is 6.29 Å². The molecule has 0 aromatic heterocycles. The van der Waals surface area contributed by atoms with E-state index >= 15 is 0 Å². The molecule has 4 nitrogen and oxygen atoms in total. The van der Waals surface area contributed by atoms with Gasteiger partial charge >= 0.3 is 0 Å². The van der Waals surface area contributed by atoms with E-state index in [0.717, 1.165) is 29.4 Å². The van der Waals surface area contributed by atoms with Crippen LogP contribution in [0.1, 0.15) is 24.8 Å². The van der Waals surface area contributed by atoms with Gasteiger partial charge in [-0.3, -0.25) is 0 Å². The monoisotopic (exact) mass is 347 g/mol. The number of ether oxygens (including phenoxy) is 1. The second-order valence-corrected chi connectivity index (χ2v) is 5.08. The topological polar surface area (TPSA) is 51.1 Å². The Hall–Kier alpha value is -0.820. The number of phenols is 1. The van der Waals surface area contributed by atoms with Gasteiger partial charge in [0.05, 0.1) is 12.8 Å². The average molecular weight is 347 g/mol. The molecule has 1 fully saturated rings. The van der Waals surface area contributed by atoms with Crippen molar-refractivity contribution in [2.45, 2.75) is 25.6 Å². The number of phenolic OH excluding ortho intramolecular Hbond substituents is 1. The molecule has 2 rings (SSSR count). The minimum Gasteiger partial charge on any atom is -0.507 e. The first-order valence-electron chi connectivity index (χ1n) is 5.55. The molecule has 1 heterocycles. The van der Waals surface area contributed by atoms with Crippen LogP contribution in [-0.2, 0) is 9.57 Å². The fourth-order valence-electron chi connectivity index (χ4n) is 1.58. The Balaban J connectivity index is 1.92. The summed E-state index contributed by atoms with van der Waals surface area (Å²) in [4.78, 5) is 5.22. The molecule has 0 bridgehead atoms. The zero-order valence-corrected chi connectivity index (χ0v) is 11.5. The molecular formula is C12H14INO3. The van der Waals surface area contributed by atoms with Crippen LogP contribution in [0.4, 0.5) is 0 Å². The summed E-state index contributed by atoms with van der Waals surface area (Å²) < 4.78 is 6.41. The SMILES string of the molecule is Oc1ccc(I)cc1/C=N/OC1CCCCO1. The van der Waals surface area contributed by atoms with Crippen molar-refractivity contribution in [3.05, 3.63) is 27.3 Å². The van der Waals surface area contributed by atoms with Gasteiger partial charge < -0.3 is 14.7 Å². The molecule has 17 heavy (non-hydrogen) atoms. The molecule has 1 N–H and O–H groups in total. The Morgan fingerprint density at radius 2 is 2.35 bits per heavy atom. The van der Waals surface area contributed by atoms with Crippen molar-refractivity contribution in [3.63, 3.8) is 0 Å². The van der Waals surface area contributed by atoms with E-state index in [1.54, 1.807) is 6.07 Å². The number of nitrogens with zero attached hydrogens (tertiary/aromatic N) is 1. The van der Waals surface area contributed by atoms with Crippen molar-refractivity contribution in [2.75, 3.05) is 6.61 Å². The maximum atomic E-state index is 9.59. The third-order valence-corrected chi connectivity index (χ3v) is 3.17. The zero-order chi connectivity index (χ0) is 12.1. The molecule has 0 amide bonds. The summed E-state index contributed by atoms with van der Waals surface area (Å²) in [7, 11) is 0. The van der Waals surface area contributed by atoms with E-state index in [4.69, 9.17) is 9.57 Å². The fourth-order valence-corrected chi connectivity index (χ4v) is 2.09. The highest BCUT2D eigenvalue weighted by molar-refractivity contribution is 14.1. The lowest BCUT2D eigenvalue weighted by Crippen LogP contribution is -2.20. The van der Waals surface area contributed by atoms with Crippen LogP contribution in [0.15, 0.2) is 23.4 Å². The molecule has 0 aliphatic carbocycles. The van der Waals surface area contributed by atoms with Gasteiger partial charge in [0, 0.05) is 15.6 Å². The van der Waals surface area contributed by atoms with E-state index in [1.807, 2.05) is 12.1 Å². The molecule has 5 heteroatoms. The number of benzene rings is 1. The lowest BCUT2D eigenvalue weighted by Gasteiger charge is -2.19. The maximum absolute atomic E-state index is 9.59. The highest BCUT2D eigenvalue weighted by Crippen LogP contribution is 2.18. The number of oxime groups is 1. The van der Waals surface area contributed by atoms with Crippen LogP contribution < -0.4 is 0 Å². The van der Waals surface area contributed by atoms with Crippen LogP contribution in [0.2, 0.25) is 0 Å². The first-order valence-corrected chi connectivity index (χ1v) is 6.63. The smallest absolute Gasteiger partial charge is 0.226 e. The Morgan fingerprint density at radius 1 is 1.47 bits per heavy atom. The molecule has 1 atom stereocenters. The zero-order valence-electron chi connectivity index (χ0n) is 9.30. The van der Waals surface area contributed by atoms with Crippen LogP contribution in [0.5, 0.6) is 5.75 Å². The second-order valence-electron chi connectivity index (χ2n) is 3.84. The largest absolute Gasteiger partial charge is 0.507 e. The minimum atomic E-state index is -0.245. The number of hydrogen-bond acceptors (Lipinski definition) is 4. The predicted octanol–water partition coefficient (Wildman–Crippen LogP) is 2.87. The van der Waals surface area contributed by atoms with E-state index in [2.05, 4.69) is 27.7 Å². The summed E-state index contributed by atoms with van der Waals surface area (Å²) in [5.74, 6) is 0.197. The summed E-state index contributed by atoms with van der Waals surface area (Å²) in [5.41, 5.74) is 0.646. The quantitative estimate of drug-likeness (QED) is 0.520. The van der Waals surface area contributed by atoms with E-state index in [0.29, 0.717) is 5.56 Å². The van der Waals surface area contributed by atoms with Crippen molar-refractivity contribution in [3.8, 4) is 5.75 Å². The van der Waals surface area contributed by atoms with Crippen molar-refractivity contribution < 1.29 is 14.7 Å². The van der Waals surface area contributed by atoms with Gasteiger partial charge in [0.15, 0.2) is 0 Å². The number of rotatable bonds is 3. The number of hydrogen-bond donors (Lipinski definition) is 1. The molecule has 0 spiro atoms. The van der Waals surface area contributed by atoms with Crippen molar-refractivity contribution >= 4 is 28.8 Å². The minimum absolute atomic E-state index is 0.197. The maximum Gasteiger partial charge on any atom is 0.226 e. The summed E-state index contributed by atoms with van der Waals surface area (Å²) in [6.07, 6.45) is 4.33. The summed E-state index contributed by atoms with van der Waals surface area (Å²) >= 11 is 2.18. The summed E-state index contributed by atoms with van der Waals surface area (Å²) in [6.45, 7) is 0.731. The molecule has 1 aromatic rings. The molecule has 0 radical (unpaired) electrons. The molecular weight excluding hydrogens is 333 g/mol. The third-order valence-electron chi connectivity index (χ3n) is 2.50. The highest BCUT2D eigenvalue weighted by Gasteiger charge is 2.14. The first kappa shape index (κ1) is 12.6. The van der Waals surface area contributed by atoms with E-state index < -0.39 is 0 Å². The predicted molar refractivity (Wildman–Crippen MR) is 73.1 cm³/mol. The van der Waals surface area contributed by atoms with Crippen LogP contribution in [0, 0.1) is 3.57 Å². The Kier molecular flexibility index (Phi) is 4.61. The normalized spacial score (nSPS) is 20.6. The van der Waals surface area contributed by atoms with Crippen LogP contribution in [0.25, 0.3) is 0 Å². The van der Waals surface area contributed by atoms with Gasteiger partial charge in [-0.1, -0.05) is 5.16 Å². The number of aromatic hydroxyl groups is 1. The van der Waals surface area contributed by atoms with Crippen LogP contribution >= 0.6 is 22.6 Å². The Labute approximate surface area is 114 Å². The van der Waals surface area contributed by atoms with Gasteiger partial charge in [-0.15, -0.1) is 0 Å². The van der Waals surface area contributed by atoms with Crippen molar-refractivity contribution in [2.24, 2.45) is 5.16 Å². The summed E-state index contributed by atoms with van der Waals surface area (Å²) in [6, 6.07) is 5.31. The van der Waals surface area contributed by atoms with Crippen molar-refractivity contribution in [1.29, 1.82) is 0 Å². The lowest BCUT2D eigenvalue weighted by atomic mass is 10.2. The van der Waals surface area contributed by atoms with E-state index in [1.165, 1.54) is 6.21 Å². The van der Waals surface area contributed by atoms with Crippen LogP contribution in [0.3, 0.4) is 0 Å². The lowest BCUT2D eigenvalue weighted by molar-refractivity contribution is -0.161. The molecule has 1 unspecified atom stereocenters. The van der Waals surface area contributed by atoms with Gasteiger partial charge in [-0.05, 0) is 53.6 Å². The van der Waals surface area contributed by atoms with Gasteiger partial charge in [-0.2, -0.15) is 0 Å². The Morgan fingerprint density at radius 3 is 3.12 bits per heavy atom. The third kappa shape index (κ3) is 3.85. The molecule has 1 saturated heterocycles. The summed E-state index contributed by atoms with van der Waals surface area (Å²) in [5, 5.41) is 13.4. The Bertz CT molecular complexity index is 403. The van der Waals surface area contributed by atoms with Gasteiger partial charge in [0.25, 0.3) is 0 Å². The van der Waals surface area contributed by atoms with Crippen molar-refractivity contribution in [1.82, 2.24) is 0 Å². The van der Waals surface area contributed by atoms with Gasteiger partial charge in [0.1, 0.15) is 5.75 Å². The standard InChI is InChI=1S/C12H14INO3/c13-10-4-5-11(15)9(7-10)8-14-17-12-3-1-2-6-16-12/h4-5,7-8,12,15H,1-3,6H2/b14-8+. The van der Waals surface area contributed by atoms with E-state index in [9.17, 15) is 5.11 Å². The van der Waals surface area contributed by atoms with Crippen LogP contribution in [-0.4, -0.2) is 24.2 Å². The molecule has 1 aromatic carbocycles. The first-order chi connectivity index (χ1) is 8.25. The molecule has 0 saturated carbocycles. The molecule has 1 aliphatic rings. The second kappa shape index (κ2) is 6.20. The molecule has 92 valence electrons.